The topological polar surface area (TPSA) is 49.0 Å². The molecule has 0 atom stereocenters. The smallest absolute Gasteiger partial charge is 0.231 e. The van der Waals surface area contributed by atoms with Crippen LogP contribution in [0.1, 0.15) is 13.8 Å². The number of hydrogen-bond donors (Lipinski definition) is 1. The minimum absolute atomic E-state index is 0.208. The molecule has 1 N–H and O–H groups in total. The van der Waals surface area contributed by atoms with Gasteiger partial charge in [0.1, 0.15) is 0 Å². The molecule has 0 aliphatic carbocycles. The molecule has 0 spiro atoms. The van der Waals surface area contributed by atoms with E-state index in [1.54, 1.807) is 14.2 Å². The lowest BCUT2D eigenvalue weighted by molar-refractivity contribution is 0.170. The lowest BCUT2D eigenvalue weighted by atomic mass is 10.2. The number of fused-ring (bicyclic) bond motifs is 1. The van der Waals surface area contributed by atoms with Gasteiger partial charge in [-0.15, -0.1) is 0 Å². The lowest BCUT2D eigenvalue weighted by Crippen LogP contribution is -2.11. The van der Waals surface area contributed by atoms with E-state index in [0.29, 0.717) is 23.0 Å². The molecule has 1 heterocycles. The van der Waals surface area contributed by atoms with Crippen LogP contribution in [0.5, 0.6) is 23.0 Å². The Hall–Kier alpha value is -1.78. The lowest BCUT2D eigenvalue weighted by Gasteiger charge is -2.17. The highest BCUT2D eigenvalue weighted by Gasteiger charge is 2.26. The molecule has 0 saturated carbocycles. The second kappa shape index (κ2) is 4.61. The minimum atomic E-state index is 0.208. The Morgan fingerprint density at radius 3 is 2.47 bits per heavy atom. The molecule has 0 fully saturated rings. The fourth-order valence-corrected chi connectivity index (χ4v) is 1.80. The Morgan fingerprint density at radius 1 is 1.18 bits per heavy atom. The van der Waals surface area contributed by atoms with E-state index in [2.05, 4.69) is 19.2 Å². The van der Waals surface area contributed by atoms with Crippen molar-refractivity contribution in [1.29, 1.82) is 0 Å². The molecule has 0 unspecified atom stereocenters. The van der Waals surface area contributed by atoms with E-state index in [-0.39, 0.29) is 12.8 Å². The number of rotatable bonds is 4. The van der Waals surface area contributed by atoms with Gasteiger partial charge in [0.15, 0.2) is 11.5 Å². The van der Waals surface area contributed by atoms with E-state index < -0.39 is 0 Å². The first kappa shape index (κ1) is 11.7. The monoisotopic (exact) mass is 239 g/mol. The fourth-order valence-electron chi connectivity index (χ4n) is 1.80. The van der Waals surface area contributed by atoms with Crippen LogP contribution in [-0.2, 0) is 0 Å². The summed E-state index contributed by atoms with van der Waals surface area (Å²) in [5.41, 5.74) is 0.837. The van der Waals surface area contributed by atoms with Crippen LogP contribution in [0.25, 0.3) is 0 Å². The highest BCUT2D eigenvalue weighted by atomic mass is 16.7. The van der Waals surface area contributed by atoms with Gasteiger partial charge in [-0.25, -0.2) is 0 Å². The summed E-state index contributed by atoms with van der Waals surface area (Å²) in [4.78, 5) is 0. The van der Waals surface area contributed by atoms with Gasteiger partial charge in [-0.2, -0.15) is 0 Å². The van der Waals surface area contributed by atoms with Crippen LogP contribution in [0, 0.1) is 0 Å². The largest absolute Gasteiger partial charge is 0.491 e. The van der Waals surface area contributed by atoms with Gasteiger partial charge in [0.2, 0.25) is 18.3 Å². The zero-order valence-electron chi connectivity index (χ0n) is 10.5. The molecular weight excluding hydrogens is 222 g/mol. The van der Waals surface area contributed by atoms with Crippen LogP contribution in [-0.4, -0.2) is 27.1 Å². The zero-order valence-corrected chi connectivity index (χ0v) is 10.5. The molecule has 0 radical (unpaired) electrons. The maximum Gasteiger partial charge on any atom is 0.231 e. The van der Waals surface area contributed by atoms with E-state index in [1.165, 1.54) is 0 Å². The van der Waals surface area contributed by atoms with Gasteiger partial charge in [0.25, 0.3) is 0 Å². The normalized spacial score (nSPS) is 12.8. The van der Waals surface area contributed by atoms with Crippen LogP contribution in [0.15, 0.2) is 6.07 Å². The predicted molar refractivity (Wildman–Crippen MR) is 64.4 cm³/mol. The van der Waals surface area contributed by atoms with Crippen molar-refractivity contribution in [3.8, 4) is 23.0 Å². The van der Waals surface area contributed by atoms with Crippen molar-refractivity contribution in [3.63, 3.8) is 0 Å². The molecule has 1 aromatic carbocycles. The van der Waals surface area contributed by atoms with E-state index in [9.17, 15) is 0 Å². The maximum atomic E-state index is 5.37. The number of anilines is 1. The third-order valence-electron chi connectivity index (χ3n) is 2.43. The van der Waals surface area contributed by atoms with Crippen molar-refractivity contribution in [1.82, 2.24) is 0 Å². The number of methoxy groups -OCH3 is 2. The Bertz CT molecular complexity index is 417. The first-order chi connectivity index (χ1) is 8.17. The number of benzene rings is 1. The third kappa shape index (κ3) is 2.05. The van der Waals surface area contributed by atoms with Crippen molar-refractivity contribution >= 4 is 5.69 Å². The van der Waals surface area contributed by atoms with Gasteiger partial charge >= 0.3 is 0 Å². The minimum Gasteiger partial charge on any atom is -0.491 e. The van der Waals surface area contributed by atoms with Crippen molar-refractivity contribution in [2.75, 3.05) is 26.3 Å². The molecule has 1 aliphatic rings. The van der Waals surface area contributed by atoms with Crippen LogP contribution in [0.3, 0.4) is 0 Å². The number of nitrogens with one attached hydrogen (secondary N) is 1. The molecule has 1 aliphatic heterocycles. The average molecular weight is 239 g/mol. The molecule has 0 amide bonds. The van der Waals surface area contributed by atoms with Gasteiger partial charge in [-0.1, -0.05) is 0 Å². The summed E-state index contributed by atoms with van der Waals surface area (Å²) in [6, 6.07) is 2.15. The molecule has 94 valence electrons. The van der Waals surface area contributed by atoms with Crippen LogP contribution in [0.4, 0.5) is 5.69 Å². The fraction of sp³-hybridized carbons (Fsp3) is 0.500. The Morgan fingerprint density at radius 2 is 1.88 bits per heavy atom. The third-order valence-corrected chi connectivity index (χ3v) is 2.43. The summed E-state index contributed by atoms with van der Waals surface area (Å²) in [5.74, 6) is 2.46. The molecule has 1 aromatic rings. The van der Waals surface area contributed by atoms with E-state index >= 15 is 0 Å². The van der Waals surface area contributed by atoms with Crippen molar-refractivity contribution in [3.05, 3.63) is 6.07 Å². The number of hydrogen-bond acceptors (Lipinski definition) is 5. The zero-order chi connectivity index (χ0) is 12.4. The predicted octanol–water partition coefficient (Wildman–Crippen LogP) is 2.25. The van der Waals surface area contributed by atoms with Crippen molar-refractivity contribution in [2.45, 2.75) is 19.9 Å². The summed E-state index contributed by atoms with van der Waals surface area (Å²) in [5, 5.41) is 3.29. The standard InChI is InChI=1S/C12H17NO4/c1-7(2)13-8-5-9-11(17-6-16-9)12(15-4)10(8)14-3/h5,7,13H,6H2,1-4H3. The number of ether oxygens (including phenoxy) is 4. The SMILES string of the molecule is COc1c(NC(C)C)cc2c(c1OC)OCO2. The van der Waals surface area contributed by atoms with E-state index in [0.717, 1.165) is 5.69 Å². The molecule has 2 rings (SSSR count). The Balaban J connectivity index is 2.51. The molecule has 5 nitrogen and oxygen atoms in total. The van der Waals surface area contributed by atoms with E-state index in [1.807, 2.05) is 6.07 Å². The second-order valence-electron chi connectivity index (χ2n) is 4.02. The van der Waals surface area contributed by atoms with Crippen molar-refractivity contribution < 1.29 is 18.9 Å². The van der Waals surface area contributed by atoms with Gasteiger partial charge in [-0.3, -0.25) is 0 Å². The molecule has 0 saturated heterocycles. The molecule has 0 bridgehead atoms. The average Bonchev–Trinajstić information content (AvgIpc) is 2.73. The second-order valence-corrected chi connectivity index (χ2v) is 4.02. The highest BCUT2D eigenvalue weighted by Crippen LogP contribution is 2.51. The summed E-state index contributed by atoms with van der Waals surface area (Å²) in [6.07, 6.45) is 0. The summed E-state index contributed by atoms with van der Waals surface area (Å²) >= 11 is 0. The first-order valence-electron chi connectivity index (χ1n) is 5.48. The van der Waals surface area contributed by atoms with Gasteiger partial charge in [0, 0.05) is 12.1 Å². The Labute approximate surface area is 101 Å². The van der Waals surface area contributed by atoms with Crippen LogP contribution >= 0.6 is 0 Å². The summed E-state index contributed by atoms with van der Waals surface area (Å²) in [7, 11) is 3.19. The highest BCUT2D eigenvalue weighted by molar-refractivity contribution is 5.73. The molecule has 17 heavy (non-hydrogen) atoms. The summed E-state index contributed by atoms with van der Waals surface area (Å²) in [6.45, 7) is 4.31. The van der Waals surface area contributed by atoms with Gasteiger partial charge in [-0.05, 0) is 13.8 Å². The van der Waals surface area contributed by atoms with E-state index in [4.69, 9.17) is 18.9 Å². The summed E-state index contributed by atoms with van der Waals surface area (Å²) < 4.78 is 21.4. The molecule has 5 heteroatoms. The quantitative estimate of drug-likeness (QED) is 0.873. The van der Waals surface area contributed by atoms with Gasteiger partial charge in [0.05, 0.1) is 19.9 Å². The van der Waals surface area contributed by atoms with Crippen molar-refractivity contribution in [2.24, 2.45) is 0 Å². The molecule has 0 aromatic heterocycles. The first-order valence-corrected chi connectivity index (χ1v) is 5.48. The molecular formula is C12H17NO4. The maximum absolute atomic E-state index is 5.37. The van der Waals surface area contributed by atoms with Crippen LogP contribution in [0.2, 0.25) is 0 Å². The van der Waals surface area contributed by atoms with Crippen LogP contribution < -0.4 is 24.3 Å². The Kier molecular flexibility index (Phi) is 3.17. The van der Waals surface area contributed by atoms with Gasteiger partial charge < -0.3 is 24.3 Å².